The highest BCUT2D eigenvalue weighted by atomic mass is 16.5. The maximum atomic E-state index is 12.4. The third-order valence-electron chi connectivity index (χ3n) is 5.75. The highest BCUT2D eigenvalue weighted by molar-refractivity contribution is 5.79. The molecule has 3 N–H and O–H groups in total. The molecule has 2 aliphatic rings. The molecule has 2 heterocycles. The van der Waals surface area contributed by atoms with Crippen LogP contribution < -0.4 is 10.6 Å². The van der Waals surface area contributed by atoms with Crippen LogP contribution in [0.4, 0.5) is 0 Å². The van der Waals surface area contributed by atoms with Crippen molar-refractivity contribution in [2.24, 2.45) is 5.92 Å². The van der Waals surface area contributed by atoms with Crippen molar-refractivity contribution in [1.29, 1.82) is 0 Å². The minimum atomic E-state index is -0.378. The van der Waals surface area contributed by atoms with Crippen LogP contribution >= 0.6 is 0 Å². The van der Waals surface area contributed by atoms with Gasteiger partial charge in [-0.2, -0.15) is 0 Å². The van der Waals surface area contributed by atoms with Crippen LogP contribution in [0.3, 0.4) is 0 Å². The van der Waals surface area contributed by atoms with E-state index in [9.17, 15) is 14.7 Å². The second-order valence-corrected chi connectivity index (χ2v) is 7.82. The lowest BCUT2D eigenvalue weighted by atomic mass is 9.96. The largest absolute Gasteiger partial charge is 0.394 e. The number of carbonyl (C=O) groups excluding carboxylic acids is 2. The van der Waals surface area contributed by atoms with E-state index < -0.39 is 0 Å². The fourth-order valence-corrected chi connectivity index (χ4v) is 4.12. The van der Waals surface area contributed by atoms with Gasteiger partial charge < -0.3 is 20.5 Å². The normalized spacial score (nSPS) is 25.4. The Kier molecular flexibility index (Phi) is 7.80. The molecule has 0 spiro atoms. The Morgan fingerprint density at radius 1 is 1.14 bits per heavy atom. The Hall–Kier alpha value is -1.99. The molecule has 1 aromatic heterocycles. The lowest BCUT2D eigenvalue weighted by molar-refractivity contribution is -0.132. The summed E-state index contributed by atoms with van der Waals surface area (Å²) in [5, 5.41) is 15.7. The molecule has 0 bridgehead atoms. The number of aliphatic hydroxyl groups excluding tert-OH is 1. The van der Waals surface area contributed by atoms with E-state index in [2.05, 4.69) is 15.6 Å². The Balaban J connectivity index is 1.37. The average Bonchev–Trinajstić information content (AvgIpc) is 3.25. The van der Waals surface area contributed by atoms with Crippen molar-refractivity contribution in [2.75, 3.05) is 13.2 Å². The minimum absolute atomic E-state index is 0.0157. The van der Waals surface area contributed by atoms with E-state index >= 15 is 0 Å². The van der Waals surface area contributed by atoms with Gasteiger partial charge in [0.15, 0.2) is 0 Å². The number of rotatable bonds is 8. The van der Waals surface area contributed by atoms with Crippen molar-refractivity contribution in [3.05, 3.63) is 30.1 Å². The summed E-state index contributed by atoms with van der Waals surface area (Å²) in [6, 6.07) is 3.53. The molecule has 1 aliphatic heterocycles. The summed E-state index contributed by atoms with van der Waals surface area (Å²) in [6.07, 6.45) is 9.77. The van der Waals surface area contributed by atoms with Crippen LogP contribution in [0.1, 0.15) is 50.5 Å². The molecule has 0 aromatic carbocycles. The molecule has 3 rings (SSSR count). The van der Waals surface area contributed by atoms with Gasteiger partial charge in [0.25, 0.3) is 0 Å². The number of aromatic nitrogens is 1. The molecule has 2 fully saturated rings. The third-order valence-corrected chi connectivity index (χ3v) is 5.75. The Bertz CT molecular complexity index is 634. The molecule has 28 heavy (non-hydrogen) atoms. The van der Waals surface area contributed by atoms with Crippen LogP contribution in [0.25, 0.3) is 0 Å². The van der Waals surface area contributed by atoms with Crippen molar-refractivity contribution in [2.45, 2.75) is 69.6 Å². The van der Waals surface area contributed by atoms with Gasteiger partial charge in [0.05, 0.1) is 25.2 Å². The van der Waals surface area contributed by atoms with Gasteiger partial charge >= 0.3 is 0 Å². The first-order chi connectivity index (χ1) is 13.7. The number of hydrogen-bond acceptors (Lipinski definition) is 5. The van der Waals surface area contributed by atoms with E-state index in [1.807, 2.05) is 12.1 Å². The Labute approximate surface area is 166 Å². The first kappa shape index (κ1) is 20.7. The summed E-state index contributed by atoms with van der Waals surface area (Å²) in [6.45, 7) is 0.423. The second kappa shape index (κ2) is 10.5. The first-order valence-electron chi connectivity index (χ1n) is 10.4. The molecule has 0 unspecified atom stereocenters. The maximum Gasteiger partial charge on any atom is 0.224 e. The van der Waals surface area contributed by atoms with E-state index in [1.165, 1.54) is 0 Å². The van der Waals surface area contributed by atoms with Gasteiger partial charge in [-0.25, -0.2) is 0 Å². The van der Waals surface area contributed by atoms with Crippen molar-refractivity contribution < 1.29 is 19.4 Å². The summed E-state index contributed by atoms with van der Waals surface area (Å²) in [5.74, 6) is 0.196. The quantitative estimate of drug-likeness (QED) is 0.623. The lowest BCUT2D eigenvalue weighted by Crippen LogP contribution is -2.52. The molecular weight excluding hydrogens is 358 g/mol. The van der Waals surface area contributed by atoms with Crippen LogP contribution in [-0.4, -0.2) is 53.3 Å². The Morgan fingerprint density at radius 3 is 2.61 bits per heavy atom. The van der Waals surface area contributed by atoms with Crippen LogP contribution in [0.15, 0.2) is 24.5 Å². The number of ether oxygens (including phenoxy) is 1. The maximum absolute atomic E-state index is 12.4. The van der Waals surface area contributed by atoms with Crippen molar-refractivity contribution in [3.63, 3.8) is 0 Å². The van der Waals surface area contributed by atoms with Gasteiger partial charge in [-0.3, -0.25) is 14.6 Å². The summed E-state index contributed by atoms with van der Waals surface area (Å²) >= 11 is 0. The molecule has 7 heteroatoms. The second-order valence-electron chi connectivity index (χ2n) is 7.82. The number of pyridine rings is 1. The average molecular weight is 389 g/mol. The number of hydrogen-bond donors (Lipinski definition) is 3. The zero-order chi connectivity index (χ0) is 19.8. The highest BCUT2D eigenvalue weighted by Crippen LogP contribution is 2.26. The van der Waals surface area contributed by atoms with Crippen LogP contribution in [0, 0.1) is 5.92 Å². The molecule has 0 radical (unpaired) electrons. The standard InChI is InChI=1S/C21H31N3O4/c25-14-19-18(24-21(27)16-3-1-2-4-16)6-5-17(28-19)9-12-23-20(26)13-15-7-10-22-11-8-15/h7-8,10-11,16-19,25H,1-6,9,12-14H2,(H,23,26)(H,24,27)/t17-,18-,19-/m1/s1. The Morgan fingerprint density at radius 2 is 1.89 bits per heavy atom. The number of aliphatic hydroxyl groups is 1. The van der Waals surface area contributed by atoms with Crippen molar-refractivity contribution >= 4 is 11.8 Å². The van der Waals surface area contributed by atoms with E-state index in [4.69, 9.17) is 4.74 Å². The molecule has 2 amide bonds. The third kappa shape index (κ3) is 6.01. The fraction of sp³-hybridized carbons (Fsp3) is 0.667. The number of amides is 2. The summed E-state index contributed by atoms with van der Waals surface area (Å²) < 4.78 is 5.99. The monoisotopic (exact) mass is 389 g/mol. The molecule has 7 nitrogen and oxygen atoms in total. The minimum Gasteiger partial charge on any atom is -0.394 e. The van der Waals surface area contributed by atoms with Crippen molar-refractivity contribution in [1.82, 2.24) is 15.6 Å². The van der Waals surface area contributed by atoms with E-state index in [0.717, 1.165) is 44.1 Å². The zero-order valence-corrected chi connectivity index (χ0v) is 16.3. The predicted octanol–water partition coefficient (Wildman–Crippen LogP) is 1.35. The summed E-state index contributed by atoms with van der Waals surface area (Å²) in [5.41, 5.74) is 0.933. The van der Waals surface area contributed by atoms with Gasteiger partial charge in [-0.05, 0) is 49.8 Å². The van der Waals surface area contributed by atoms with Gasteiger partial charge in [0.2, 0.25) is 11.8 Å². The molecular formula is C21H31N3O4. The SMILES string of the molecule is O=C(Cc1ccncc1)NCC[C@H]1CC[C@@H](NC(=O)C2CCCC2)[C@@H](CO)O1. The molecule has 1 aliphatic carbocycles. The number of nitrogens with zero attached hydrogens (tertiary/aromatic N) is 1. The van der Waals surface area contributed by atoms with Crippen molar-refractivity contribution in [3.8, 4) is 0 Å². The molecule has 1 saturated carbocycles. The summed E-state index contributed by atoms with van der Waals surface area (Å²) in [7, 11) is 0. The number of carbonyl (C=O) groups is 2. The van der Waals surface area contributed by atoms with Gasteiger partial charge in [-0.15, -0.1) is 0 Å². The summed E-state index contributed by atoms with van der Waals surface area (Å²) in [4.78, 5) is 28.3. The lowest BCUT2D eigenvalue weighted by Gasteiger charge is -2.36. The van der Waals surface area contributed by atoms with Crippen LogP contribution in [-0.2, 0) is 20.7 Å². The molecule has 3 atom stereocenters. The number of nitrogens with one attached hydrogen (secondary N) is 2. The van der Waals surface area contributed by atoms with Gasteiger partial charge in [-0.1, -0.05) is 12.8 Å². The van der Waals surface area contributed by atoms with E-state index in [0.29, 0.717) is 19.4 Å². The zero-order valence-electron chi connectivity index (χ0n) is 16.3. The van der Waals surface area contributed by atoms with Crippen LogP contribution in [0.5, 0.6) is 0 Å². The van der Waals surface area contributed by atoms with Gasteiger partial charge in [0.1, 0.15) is 6.10 Å². The topological polar surface area (TPSA) is 101 Å². The fourth-order valence-electron chi connectivity index (χ4n) is 4.12. The highest BCUT2D eigenvalue weighted by Gasteiger charge is 2.33. The molecule has 1 saturated heterocycles. The van der Waals surface area contributed by atoms with E-state index in [1.54, 1.807) is 12.4 Å². The van der Waals surface area contributed by atoms with Gasteiger partial charge in [0, 0.05) is 24.9 Å². The van der Waals surface area contributed by atoms with E-state index in [-0.39, 0.29) is 42.6 Å². The predicted molar refractivity (Wildman–Crippen MR) is 104 cm³/mol. The molecule has 1 aromatic rings. The molecule has 154 valence electrons. The van der Waals surface area contributed by atoms with Crippen LogP contribution in [0.2, 0.25) is 0 Å². The first-order valence-corrected chi connectivity index (χ1v) is 10.4. The smallest absolute Gasteiger partial charge is 0.224 e.